The summed E-state index contributed by atoms with van der Waals surface area (Å²) in [5, 5.41) is 2.66. The average molecular weight is 477 g/mol. The van der Waals surface area contributed by atoms with Crippen LogP contribution in [0.5, 0.6) is 11.5 Å². The SMILES string of the molecule is COc1ccc(CNC(=O)COC(=O)c2cccc(S(=O)(=O)N3CCCCC3)c2)cc1OC. The summed E-state index contributed by atoms with van der Waals surface area (Å²) in [6, 6.07) is 10.9. The Morgan fingerprint density at radius 2 is 1.70 bits per heavy atom. The fraction of sp³-hybridized carbons (Fsp3) is 0.391. The van der Waals surface area contributed by atoms with Crippen LogP contribution < -0.4 is 14.8 Å². The molecule has 0 saturated carbocycles. The van der Waals surface area contributed by atoms with Crippen molar-refractivity contribution in [3.63, 3.8) is 0 Å². The van der Waals surface area contributed by atoms with E-state index in [0.29, 0.717) is 24.6 Å². The predicted octanol–water partition coefficient (Wildman–Crippen LogP) is 2.35. The Morgan fingerprint density at radius 3 is 2.39 bits per heavy atom. The molecule has 10 heteroatoms. The minimum absolute atomic E-state index is 0.0387. The van der Waals surface area contributed by atoms with Crippen molar-refractivity contribution in [2.24, 2.45) is 0 Å². The molecule has 1 fully saturated rings. The first kappa shape index (κ1) is 24.5. The van der Waals surface area contributed by atoms with Crippen molar-refractivity contribution in [3.05, 3.63) is 53.6 Å². The van der Waals surface area contributed by atoms with Gasteiger partial charge in [0.1, 0.15) is 0 Å². The van der Waals surface area contributed by atoms with Gasteiger partial charge in [-0.25, -0.2) is 13.2 Å². The Kier molecular flexibility index (Phi) is 8.29. The van der Waals surface area contributed by atoms with Crippen LogP contribution in [0.25, 0.3) is 0 Å². The molecule has 9 nitrogen and oxygen atoms in total. The summed E-state index contributed by atoms with van der Waals surface area (Å²) in [5.74, 6) is -0.150. The van der Waals surface area contributed by atoms with E-state index in [-0.39, 0.29) is 17.0 Å². The molecule has 0 aliphatic carbocycles. The highest BCUT2D eigenvalue weighted by atomic mass is 32.2. The van der Waals surface area contributed by atoms with Gasteiger partial charge in [-0.15, -0.1) is 0 Å². The van der Waals surface area contributed by atoms with Crippen LogP contribution in [-0.4, -0.2) is 58.5 Å². The topological polar surface area (TPSA) is 111 Å². The van der Waals surface area contributed by atoms with Gasteiger partial charge in [-0.1, -0.05) is 18.6 Å². The molecule has 0 atom stereocenters. The summed E-state index contributed by atoms with van der Waals surface area (Å²) >= 11 is 0. The lowest BCUT2D eigenvalue weighted by atomic mass is 10.2. The van der Waals surface area contributed by atoms with E-state index in [2.05, 4.69) is 5.32 Å². The third-order valence-corrected chi connectivity index (χ3v) is 7.19. The summed E-state index contributed by atoms with van der Waals surface area (Å²) < 4.78 is 42.6. The van der Waals surface area contributed by atoms with E-state index in [0.717, 1.165) is 24.8 Å². The predicted molar refractivity (Wildman–Crippen MR) is 121 cm³/mol. The van der Waals surface area contributed by atoms with Crippen LogP contribution in [0.2, 0.25) is 0 Å². The highest BCUT2D eigenvalue weighted by Crippen LogP contribution is 2.27. The number of carbonyl (C=O) groups excluding carboxylic acids is 2. The van der Waals surface area contributed by atoms with Crippen molar-refractivity contribution >= 4 is 21.9 Å². The van der Waals surface area contributed by atoms with Gasteiger partial charge in [0.25, 0.3) is 5.91 Å². The van der Waals surface area contributed by atoms with E-state index >= 15 is 0 Å². The second-order valence-electron chi connectivity index (χ2n) is 7.53. The number of nitrogens with zero attached hydrogens (tertiary/aromatic N) is 1. The van der Waals surface area contributed by atoms with E-state index in [1.165, 1.54) is 42.8 Å². The first-order chi connectivity index (χ1) is 15.8. The number of piperidine rings is 1. The molecule has 0 unspecified atom stereocenters. The van der Waals surface area contributed by atoms with Gasteiger partial charge < -0.3 is 19.5 Å². The Balaban J connectivity index is 1.55. The van der Waals surface area contributed by atoms with Gasteiger partial charge in [0.15, 0.2) is 18.1 Å². The summed E-state index contributed by atoms with van der Waals surface area (Å²) in [6.07, 6.45) is 2.64. The lowest BCUT2D eigenvalue weighted by Crippen LogP contribution is -2.35. The first-order valence-electron chi connectivity index (χ1n) is 10.6. The van der Waals surface area contributed by atoms with Gasteiger partial charge in [0.05, 0.1) is 24.7 Å². The van der Waals surface area contributed by atoms with E-state index in [4.69, 9.17) is 14.2 Å². The number of esters is 1. The summed E-state index contributed by atoms with van der Waals surface area (Å²) in [6.45, 7) is 0.657. The normalized spacial score (nSPS) is 14.4. The van der Waals surface area contributed by atoms with Crippen molar-refractivity contribution in [1.29, 1.82) is 0 Å². The molecule has 1 amide bonds. The molecule has 2 aromatic rings. The van der Waals surface area contributed by atoms with Crippen molar-refractivity contribution in [3.8, 4) is 11.5 Å². The number of hydrogen-bond acceptors (Lipinski definition) is 7. The fourth-order valence-corrected chi connectivity index (χ4v) is 5.06. The highest BCUT2D eigenvalue weighted by molar-refractivity contribution is 7.89. The van der Waals surface area contributed by atoms with Crippen molar-refractivity contribution in [1.82, 2.24) is 9.62 Å². The van der Waals surface area contributed by atoms with Crippen LogP contribution >= 0.6 is 0 Å². The number of benzene rings is 2. The zero-order valence-corrected chi connectivity index (χ0v) is 19.5. The Hall–Kier alpha value is -3.11. The molecule has 1 aliphatic heterocycles. The number of ether oxygens (including phenoxy) is 3. The van der Waals surface area contributed by atoms with Gasteiger partial charge in [-0.05, 0) is 48.7 Å². The molecular weight excluding hydrogens is 448 g/mol. The maximum atomic E-state index is 12.8. The largest absolute Gasteiger partial charge is 0.493 e. The maximum absolute atomic E-state index is 12.8. The standard InChI is InChI=1S/C23H28N2O7S/c1-30-20-10-9-17(13-21(20)31-2)15-24-22(26)16-32-23(27)18-7-6-8-19(14-18)33(28,29)25-11-4-3-5-12-25/h6-10,13-14H,3-5,11-12,15-16H2,1-2H3,(H,24,26). The first-order valence-corrected chi connectivity index (χ1v) is 12.0. The average Bonchev–Trinajstić information content (AvgIpc) is 2.86. The van der Waals surface area contributed by atoms with Gasteiger partial charge in [0, 0.05) is 19.6 Å². The molecule has 0 aromatic heterocycles. The van der Waals surface area contributed by atoms with Crippen molar-refractivity contribution < 1.29 is 32.2 Å². The molecule has 1 heterocycles. The monoisotopic (exact) mass is 476 g/mol. The fourth-order valence-electron chi connectivity index (χ4n) is 3.49. The van der Waals surface area contributed by atoms with Crippen LogP contribution in [0.1, 0.15) is 35.2 Å². The number of amides is 1. The lowest BCUT2D eigenvalue weighted by Gasteiger charge is -2.25. The van der Waals surface area contributed by atoms with Gasteiger partial charge in [-0.2, -0.15) is 4.31 Å². The van der Waals surface area contributed by atoms with Gasteiger partial charge in [-0.3, -0.25) is 4.79 Å². The van der Waals surface area contributed by atoms with Crippen LogP contribution in [-0.2, 0) is 26.1 Å². The third kappa shape index (κ3) is 6.23. The Morgan fingerprint density at radius 1 is 0.970 bits per heavy atom. The second kappa shape index (κ2) is 11.2. The highest BCUT2D eigenvalue weighted by Gasteiger charge is 2.26. The van der Waals surface area contributed by atoms with Crippen LogP contribution in [0.4, 0.5) is 0 Å². The molecular formula is C23H28N2O7S. The molecule has 1 aliphatic rings. The quantitative estimate of drug-likeness (QED) is 0.553. The van der Waals surface area contributed by atoms with Gasteiger partial charge in [0.2, 0.25) is 10.0 Å². The van der Waals surface area contributed by atoms with E-state index in [1.807, 2.05) is 0 Å². The minimum Gasteiger partial charge on any atom is -0.493 e. The lowest BCUT2D eigenvalue weighted by molar-refractivity contribution is -0.124. The van der Waals surface area contributed by atoms with E-state index in [9.17, 15) is 18.0 Å². The maximum Gasteiger partial charge on any atom is 0.338 e. The van der Waals surface area contributed by atoms with Crippen LogP contribution in [0.15, 0.2) is 47.4 Å². The molecule has 0 radical (unpaired) electrons. The van der Waals surface area contributed by atoms with E-state index < -0.39 is 28.5 Å². The molecule has 1 saturated heterocycles. The number of nitrogens with one attached hydrogen (secondary N) is 1. The van der Waals surface area contributed by atoms with Gasteiger partial charge >= 0.3 is 5.97 Å². The third-order valence-electron chi connectivity index (χ3n) is 5.29. The Bertz CT molecular complexity index is 1100. The number of methoxy groups -OCH3 is 2. The molecule has 3 rings (SSSR count). The minimum atomic E-state index is -3.67. The second-order valence-corrected chi connectivity index (χ2v) is 9.47. The molecule has 0 spiro atoms. The number of hydrogen-bond donors (Lipinski definition) is 1. The molecule has 33 heavy (non-hydrogen) atoms. The van der Waals surface area contributed by atoms with Crippen molar-refractivity contribution in [2.75, 3.05) is 33.9 Å². The smallest absolute Gasteiger partial charge is 0.338 e. The van der Waals surface area contributed by atoms with E-state index in [1.54, 1.807) is 18.2 Å². The number of rotatable bonds is 9. The molecule has 2 aromatic carbocycles. The van der Waals surface area contributed by atoms with Crippen molar-refractivity contribution in [2.45, 2.75) is 30.7 Å². The summed E-state index contributed by atoms with van der Waals surface area (Å²) in [5.41, 5.74) is 0.851. The number of carbonyl (C=O) groups is 2. The van der Waals surface area contributed by atoms with Crippen LogP contribution in [0.3, 0.4) is 0 Å². The molecule has 1 N–H and O–H groups in total. The summed E-state index contributed by atoms with van der Waals surface area (Å²) in [7, 11) is -0.618. The molecule has 0 bridgehead atoms. The Labute approximate surface area is 193 Å². The number of sulfonamides is 1. The zero-order valence-electron chi connectivity index (χ0n) is 18.7. The summed E-state index contributed by atoms with van der Waals surface area (Å²) in [4.78, 5) is 24.5. The molecule has 178 valence electrons. The zero-order chi connectivity index (χ0) is 23.8. The van der Waals surface area contributed by atoms with Crippen LogP contribution in [0, 0.1) is 0 Å².